The molecule has 1 aliphatic rings. The van der Waals surface area contributed by atoms with Crippen LogP contribution in [-0.4, -0.2) is 14.8 Å². The summed E-state index contributed by atoms with van der Waals surface area (Å²) >= 11 is 3.48. The summed E-state index contributed by atoms with van der Waals surface area (Å²) in [7, 11) is 1.93. The molecule has 2 N–H and O–H groups in total. The van der Waals surface area contributed by atoms with E-state index in [2.05, 4.69) is 21.0 Å². The molecule has 1 aromatic heterocycles. The van der Waals surface area contributed by atoms with Crippen molar-refractivity contribution in [2.24, 2.45) is 7.05 Å². The number of aromatic nitrogens is 3. The number of anilines is 1. The smallest absolute Gasteiger partial charge is 0.160 e. The van der Waals surface area contributed by atoms with Crippen molar-refractivity contribution >= 4 is 21.6 Å². The van der Waals surface area contributed by atoms with E-state index >= 15 is 0 Å². The second-order valence-corrected chi connectivity index (χ2v) is 6.05. The fraction of sp³-hybridized carbons (Fsp3) is 0.429. The van der Waals surface area contributed by atoms with E-state index in [4.69, 9.17) is 10.7 Å². The highest BCUT2D eigenvalue weighted by Crippen LogP contribution is 2.34. The van der Waals surface area contributed by atoms with Crippen molar-refractivity contribution in [3.8, 4) is 11.4 Å². The van der Waals surface area contributed by atoms with Crippen molar-refractivity contribution in [3.05, 3.63) is 28.5 Å². The van der Waals surface area contributed by atoms with Gasteiger partial charge in [0.25, 0.3) is 0 Å². The number of halogens is 1. The monoisotopic (exact) mass is 320 g/mol. The fourth-order valence-corrected chi connectivity index (χ4v) is 3.08. The summed E-state index contributed by atoms with van der Waals surface area (Å²) in [5.41, 5.74) is 7.72. The SMILES string of the molecule is Cn1nc(C2CCCC2)nc1-c1cc(Br)ccc1N. The van der Waals surface area contributed by atoms with Crippen molar-refractivity contribution in [3.63, 3.8) is 0 Å². The first-order valence-corrected chi connectivity index (χ1v) is 7.41. The average Bonchev–Trinajstić information content (AvgIpc) is 3.01. The van der Waals surface area contributed by atoms with E-state index in [1.165, 1.54) is 25.7 Å². The molecule has 5 heteroatoms. The highest BCUT2D eigenvalue weighted by molar-refractivity contribution is 9.10. The van der Waals surface area contributed by atoms with Crippen molar-refractivity contribution in [2.45, 2.75) is 31.6 Å². The lowest BCUT2D eigenvalue weighted by atomic mass is 10.1. The third-order valence-corrected chi connectivity index (χ3v) is 4.25. The molecule has 0 unspecified atom stereocenters. The fourth-order valence-electron chi connectivity index (χ4n) is 2.72. The number of nitrogens with zero attached hydrogens (tertiary/aromatic N) is 3. The van der Waals surface area contributed by atoms with Crippen LogP contribution in [0.3, 0.4) is 0 Å². The maximum atomic E-state index is 6.05. The van der Waals surface area contributed by atoms with Gasteiger partial charge in [0.2, 0.25) is 0 Å². The molecule has 0 atom stereocenters. The highest BCUT2D eigenvalue weighted by atomic mass is 79.9. The maximum absolute atomic E-state index is 6.05. The van der Waals surface area contributed by atoms with Gasteiger partial charge in [0, 0.05) is 28.7 Å². The van der Waals surface area contributed by atoms with Gasteiger partial charge >= 0.3 is 0 Å². The molecule has 4 nitrogen and oxygen atoms in total. The second-order valence-electron chi connectivity index (χ2n) is 5.13. The lowest BCUT2D eigenvalue weighted by molar-refractivity contribution is 0.648. The van der Waals surface area contributed by atoms with Crippen molar-refractivity contribution < 1.29 is 0 Å². The van der Waals surface area contributed by atoms with Crippen LogP contribution in [0.15, 0.2) is 22.7 Å². The quantitative estimate of drug-likeness (QED) is 0.862. The molecule has 100 valence electrons. The topological polar surface area (TPSA) is 56.7 Å². The van der Waals surface area contributed by atoms with Gasteiger partial charge in [-0.25, -0.2) is 9.67 Å². The third kappa shape index (κ3) is 2.39. The van der Waals surface area contributed by atoms with E-state index in [9.17, 15) is 0 Å². The Hall–Kier alpha value is -1.36. The molecule has 19 heavy (non-hydrogen) atoms. The Kier molecular flexibility index (Phi) is 3.31. The van der Waals surface area contributed by atoms with E-state index in [0.29, 0.717) is 5.92 Å². The summed E-state index contributed by atoms with van der Waals surface area (Å²) < 4.78 is 2.84. The normalized spacial score (nSPS) is 16.1. The summed E-state index contributed by atoms with van der Waals surface area (Å²) in [5.74, 6) is 2.34. The average molecular weight is 321 g/mol. The third-order valence-electron chi connectivity index (χ3n) is 3.76. The van der Waals surface area contributed by atoms with Crippen LogP contribution in [-0.2, 0) is 7.05 Å². The summed E-state index contributed by atoms with van der Waals surface area (Å²) in [4.78, 5) is 4.72. The van der Waals surface area contributed by atoms with E-state index in [1.54, 1.807) is 0 Å². The minimum atomic E-state index is 0.522. The summed E-state index contributed by atoms with van der Waals surface area (Å²) in [6, 6.07) is 5.83. The summed E-state index contributed by atoms with van der Waals surface area (Å²) in [6.45, 7) is 0. The van der Waals surface area contributed by atoms with Gasteiger partial charge in [0.1, 0.15) is 0 Å². The molecule has 0 aliphatic heterocycles. The lowest BCUT2D eigenvalue weighted by Gasteiger charge is -2.04. The molecule has 0 saturated heterocycles. The van der Waals surface area contributed by atoms with E-state index in [-0.39, 0.29) is 0 Å². The minimum Gasteiger partial charge on any atom is -0.398 e. The molecular formula is C14H17BrN4. The van der Waals surface area contributed by atoms with Crippen LogP contribution in [0.5, 0.6) is 0 Å². The molecular weight excluding hydrogens is 304 g/mol. The van der Waals surface area contributed by atoms with E-state index < -0.39 is 0 Å². The molecule has 0 bridgehead atoms. The van der Waals surface area contributed by atoms with Gasteiger partial charge in [-0.2, -0.15) is 5.10 Å². The van der Waals surface area contributed by atoms with Gasteiger partial charge in [-0.3, -0.25) is 0 Å². The minimum absolute atomic E-state index is 0.522. The maximum Gasteiger partial charge on any atom is 0.160 e. The van der Waals surface area contributed by atoms with Gasteiger partial charge in [0.05, 0.1) is 0 Å². The van der Waals surface area contributed by atoms with Crippen molar-refractivity contribution in [1.82, 2.24) is 14.8 Å². The van der Waals surface area contributed by atoms with Crippen LogP contribution in [0, 0.1) is 0 Å². The number of benzene rings is 1. The van der Waals surface area contributed by atoms with Gasteiger partial charge in [0.15, 0.2) is 11.6 Å². The molecule has 2 aromatic rings. The lowest BCUT2D eigenvalue weighted by Crippen LogP contribution is -1.98. The number of nitrogens with two attached hydrogens (primary N) is 1. The van der Waals surface area contributed by atoms with Gasteiger partial charge in [-0.05, 0) is 31.0 Å². The molecule has 0 amide bonds. The number of rotatable bonds is 2. The first-order valence-electron chi connectivity index (χ1n) is 6.61. The number of nitrogen functional groups attached to an aromatic ring is 1. The van der Waals surface area contributed by atoms with E-state index in [1.807, 2.05) is 29.9 Å². The predicted octanol–water partition coefficient (Wildman–Crippen LogP) is 3.48. The Morgan fingerprint density at radius 2 is 2.05 bits per heavy atom. The molecule has 1 fully saturated rings. The van der Waals surface area contributed by atoms with Crippen molar-refractivity contribution in [2.75, 3.05) is 5.73 Å². The van der Waals surface area contributed by atoms with Crippen LogP contribution >= 0.6 is 15.9 Å². The Balaban J connectivity index is 2.02. The van der Waals surface area contributed by atoms with E-state index in [0.717, 1.165) is 27.4 Å². The first-order chi connectivity index (χ1) is 9.15. The highest BCUT2D eigenvalue weighted by Gasteiger charge is 2.23. The molecule has 0 radical (unpaired) electrons. The van der Waals surface area contributed by atoms with Gasteiger partial charge in [-0.15, -0.1) is 0 Å². The zero-order chi connectivity index (χ0) is 13.4. The van der Waals surface area contributed by atoms with Crippen LogP contribution in [0.4, 0.5) is 5.69 Å². The van der Waals surface area contributed by atoms with Crippen LogP contribution in [0.2, 0.25) is 0 Å². The Morgan fingerprint density at radius 1 is 1.32 bits per heavy atom. The summed E-state index contributed by atoms with van der Waals surface area (Å²) in [5, 5.41) is 4.57. The Morgan fingerprint density at radius 3 is 2.79 bits per heavy atom. The molecule has 3 rings (SSSR count). The summed E-state index contributed by atoms with van der Waals surface area (Å²) in [6.07, 6.45) is 4.99. The van der Waals surface area contributed by atoms with Crippen LogP contribution in [0.1, 0.15) is 37.4 Å². The van der Waals surface area contributed by atoms with Crippen LogP contribution < -0.4 is 5.73 Å². The number of aryl methyl sites for hydroxylation is 1. The molecule has 1 saturated carbocycles. The predicted molar refractivity (Wildman–Crippen MR) is 79.8 cm³/mol. The van der Waals surface area contributed by atoms with Gasteiger partial charge < -0.3 is 5.73 Å². The number of hydrogen-bond acceptors (Lipinski definition) is 3. The molecule has 0 spiro atoms. The largest absolute Gasteiger partial charge is 0.398 e. The zero-order valence-corrected chi connectivity index (χ0v) is 12.5. The Bertz CT molecular complexity index is 599. The first kappa shape index (κ1) is 12.7. The van der Waals surface area contributed by atoms with Gasteiger partial charge in [-0.1, -0.05) is 28.8 Å². The van der Waals surface area contributed by atoms with Crippen LogP contribution in [0.25, 0.3) is 11.4 Å². The molecule has 1 aliphatic carbocycles. The van der Waals surface area contributed by atoms with Crippen molar-refractivity contribution in [1.29, 1.82) is 0 Å². The second kappa shape index (κ2) is 4.96. The number of hydrogen-bond donors (Lipinski definition) is 1. The molecule has 1 aromatic carbocycles. The zero-order valence-electron chi connectivity index (χ0n) is 10.9. The molecule has 1 heterocycles. The Labute approximate surface area is 121 Å². The standard InChI is InChI=1S/C14H17BrN4/c1-19-14(11-8-10(15)6-7-12(11)16)17-13(18-19)9-4-2-3-5-9/h6-9H,2-5,16H2,1H3.